The lowest BCUT2D eigenvalue weighted by atomic mass is 9.85. The van der Waals surface area contributed by atoms with Crippen molar-refractivity contribution < 1.29 is 90.9 Å². The monoisotopic (exact) mass is 580 g/mol. The maximum absolute atomic E-state index is 11.1. The van der Waals surface area contributed by atoms with E-state index in [4.69, 9.17) is 22.8 Å². The molecule has 1 aliphatic rings. The van der Waals surface area contributed by atoms with Crippen molar-refractivity contribution in [1.29, 1.82) is 0 Å². The van der Waals surface area contributed by atoms with Crippen LogP contribution >= 0.6 is 0 Å². The first-order valence-corrected chi connectivity index (χ1v) is 13.7. The summed E-state index contributed by atoms with van der Waals surface area (Å²) in [6.45, 7) is 0. The van der Waals surface area contributed by atoms with Crippen molar-refractivity contribution in [3.8, 4) is 0 Å². The zero-order valence-electron chi connectivity index (χ0n) is 14.3. The van der Waals surface area contributed by atoms with Gasteiger partial charge in [-0.05, 0) is 0 Å². The second kappa shape index (κ2) is 9.52. The van der Waals surface area contributed by atoms with E-state index in [9.17, 15) is 47.2 Å². The first kappa shape index (κ1) is 29.3. The molecule has 21 nitrogen and oxygen atoms in total. The molecule has 192 valence electrons. The molecular formula is C6H12O21S5. The van der Waals surface area contributed by atoms with Crippen molar-refractivity contribution in [3.05, 3.63) is 0 Å². The number of hydrogen-bond donors (Lipinski definition) is 6. The van der Waals surface area contributed by atoms with Crippen molar-refractivity contribution in [2.45, 2.75) is 36.6 Å². The summed E-state index contributed by atoms with van der Waals surface area (Å²) in [5, 5.41) is 10.1. The zero-order chi connectivity index (χ0) is 25.5. The number of aliphatic hydroxyl groups is 1. The van der Waals surface area contributed by atoms with Gasteiger partial charge in [-0.2, -0.15) is 42.1 Å². The van der Waals surface area contributed by atoms with Gasteiger partial charge in [-0.3, -0.25) is 22.8 Å². The normalized spacial score (nSPS) is 30.8. The molecule has 6 N–H and O–H groups in total. The van der Waals surface area contributed by atoms with Crippen LogP contribution in [0.4, 0.5) is 0 Å². The average Bonchev–Trinajstić information content (AvgIpc) is 2.45. The van der Waals surface area contributed by atoms with Crippen LogP contribution < -0.4 is 0 Å². The van der Waals surface area contributed by atoms with E-state index in [0.717, 1.165) is 0 Å². The minimum Gasteiger partial charge on any atom is -0.387 e. The van der Waals surface area contributed by atoms with Crippen molar-refractivity contribution in [2.75, 3.05) is 0 Å². The second-order valence-corrected chi connectivity index (χ2v) is 10.7. The summed E-state index contributed by atoms with van der Waals surface area (Å²) < 4.78 is 174. The Balaban J connectivity index is 3.86. The third-order valence-electron chi connectivity index (χ3n) is 3.13. The Labute approximate surface area is 179 Å². The summed E-state index contributed by atoms with van der Waals surface area (Å²) in [6.07, 6.45) is -18.6. The Kier molecular flexibility index (Phi) is 8.73. The van der Waals surface area contributed by atoms with Crippen LogP contribution in [0.5, 0.6) is 0 Å². The van der Waals surface area contributed by atoms with Crippen LogP contribution in [0.1, 0.15) is 0 Å². The van der Waals surface area contributed by atoms with Crippen molar-refractivity contribution in [1.82, 2.24) is 0 Å². The van der Waals surface area contributed by atoms with E-state index in [-0.39, 0.29) is 0 Å². The van der Waals surface area contributed by atoms with Gasteiger partial charge in [0.1, 0.15) is 36.6 Å². The first-order chi connectivity index (χ1) is 13.9. The fourth-order valence-corrected chi connectivity index (χ4v) is 4.90. The molecule has 1 aliphatic carbocycles. The Morgan fingerprint density at radius 2 is 0.531 bits per heavy atom. The molecule has 1 rings (SSSR count). The van der Waals surface area contributed by atoms with E-state index in [1.54, 1.807) is 0 Å². The van der Waals surface area contributed by atoms with Crippen LogP contribution in [0.15, 0.2) is 0 Å². The molecule has 2 unspecified atom stereocenters. The van der Waals surface area contributed by atoms with Gasteiger partial charge in [0.25, 0.3) is 0 Å². The van der Waals surface area contributed by atoms with Gasteiger partial charge >= 0.3 is 52.0 Å². The fourth-order valence-electron chi connectivity index (χ4n) is 2.39. The molecule has 32 heavy (non-hydrogen) atoms. The van der Waals surface area contributed by atoms with Gasteiger partial charge in [0, 0.05) is 0 Å². The molecule has 0 aliphatic heterocycles. The molecule has 0 radical (unpaired) electrons. The quantitative estimate of drug-likeness (QED) is 0.132. The number of hydrogen-bond acceptors (Lipinski definition) is 16. The minimum atomic E-state index is -5.88. The summed E-state index contributed by atoms with van der Waals surface area (Å²) in [5.74, 6) is 0. The molecule has 0 saturated heterocycles. The van der Waals surface area contributed by atoms with Crippen molar-refractivity contribution >= 4 is 52.0 Å². The largest absolute Gasteiger partial charge is 0.397 e. The Morgan fingerprint density at radius 3 is 0.719 bits per heavy atom. The Hall–Kier alpha value is -0.690. The number of rotatable bonds is 10. The van der Waals surface area contributed by atoms with Crippen LogP contribution in [-0.4, -0.2) is 107 Å². The molecular weight excluding hydrogens is 568 g/mol. The molecule has 0 aromatic heterocycles. The van der Waals surface area contributed by atoms with Crippen molar-refractivity contribution in [3.63, 3.8) is 0 Å². The third-order valence-corrected chi connectivity index (χ3v) is 5.46. The van der Waals surface area contributed by atoms with E-state index >= 15 is 0 Å². The topological polar surface area (TPSA) is 338 Å². The van der Waals surface area contributed by atoms with Crippen LogP contribution in [0.25, 0.3) is 0 Å². The SMILES string of the molecule is O=S(=O)(O)OC1[C@H](OS(=O)(=O)O)[C@H](OS(=O)(=O)O)C(O)[C@H](OS(=O)(=O)O)[C@H]1OS(=O)(=O)O. The minimum absolute atomic E-state index is 3.06. The zero-order valence-corrected chi connectivity index (χ0v) is 18.4. The molecule has 1 saturated carbocycles. The molecule has 0 bridgehead atoms. The third kappa shape index (κ3) is 10.1. The number of aliphatic hydroxyl groups excluding tert-OH is 1. The summed E-state index contributed by atoms with van der Waals surface area (Å²) in [4.78, 5) is 0. The molecule has 0 spiro atoms. The summed E-state index contributed by atoms with van der Waals surface area (Å²) in [5.41, 5.74) is 0. The summed E-state index contributed by atoms with van der Waals surface area (Å²) in [7, 11) is -29.2. The molecule has 1 fully saturated rings. The van der Waals surface area contributed by atoms with Crippen LogP contribution in [-0.2, 0) is 72.9 Å². The predicted octanol–water partition coefficient (Wildman–Crippen LogP) is -4.70. The summed E-state index contributed by atoms with van der Waals surface area (Å²) >= 11 is 0. The highest BCUT2D eigenvalue weighted by atomic mass is 32.3. The maximum atomic E-state index is 11.1. The molecule has 26 heteroatoms. The Bertz CT molecular complexity index is 1130. The van der Waals surface area contributed by atoms with Gasteiger partial charge in [0.05, 0.1) is 0 Å². The first-order valence-electron chi connectivity index (χ1n) is 6.85. The van der Waals surface area contributed by atoms with Gasteiger partial charge in [0.15, 0.2) is 0 Å². The second-order valence-electron chi connectivity index (χ2n) is 5.43. The van der Waals surface area contributed by atoms with E-state index in [1.807, 2.05) is 0 Å². The highest BCUT2D eigenvalue weighted by Crippen LogP contribution is 2.35. The molecule has 6 atom stereocenters. The van der Waals surface area contributed by atoms with E-state index in [1.165, 1.54) is 0 Å². The maximum Gasteiger partial charge on any atom is 0.397 e. The molecule has 0 heterocycles. The lowest BCUT2D eigenvalue weighted by Gasteiger charge is -2.44. The average molecular weight is 580 g/mol. The molecule has 0 aromatic carbocycles. The highest BCUT2D eigenvalue weighted by Gasteiger charge is 2.60. The van der Waals surface area contributed by atoms with E-state index in [2.05, 4.69) is 20.9 Å². The van der Waals surface area contributed by atoms with Crippen LogP contribution in [0, 0.1) is 0 Å². The predicted molar refractivity (Wildman–Crippen MR) is 88.1 cm³/mol. The lowest BCUT2D eigenvalue weighted by molar-refractivity contribution is -0.192. The lowest BCUT2D eigenvalue weighted by Crippen LogP contribution is -2.68. The highest BCUT2D eigenvalue weighted by molar-refractivity contribution is 7.82. The van der Waals surface area contributed by atoms with Crippen molar-refractivity contribution in [2.24, 2.45) is 0 Å². The van der Waals surface area contributed by atoms with Crippen LogP contribution in [0.3, 0.4) is 0 Å². The van der Waals surface area contributed by atoms with Gasteiger partial charge in [-0.1, -0.05) is 0 Å². The summed E-state index contributed by atoms with van der Waals surface area (Å²) in [6, 6.07) is 0. The molecule has 0 aromatic rings. The van der Waals surface area contributed by atoms with Gasteiger partial charge < -0.3 is 5.11 Å². The van der Waals surface area contributed by atoms with Gasteiger partial charge in [-0.25, -0.2) is 20.9 Å². The smallest absolute Gasteiger partial charge is 0.387 e. The Morgan fingerprint density at radius 1 is 0.375 bits per heavy atom. The van der Waals surface area contributed by atoms with E-state index in [0.29, 0.717) is 0 Å². The standard InChI is InChI=1S/C6H12O21S5/c7-1-2(23-28(8,9)10)4(25-30(14,15)16)6(27-32(20,21)22)5(26-31(17,18)19)3(1)24-29(11,12)13/h1-7H,(H,8,9,10)(H,11,12,13)(H,14,15,16)(H,17,18,19)(H,20,21,22)/t1?,2-,3+,4-,5-,6?/m1/s1. The molecule has 0 amide bonds. The fraction of sp³-hybridized carbons (Fsp3) is 1.00. The van der Waals surface area contributed by atoms with E-state index < -0.39 is 88.6 Å². The van der Waals surface area contributed by atoms with Gasteiger partial charge in [0.2, 0.25) is 0 Å². The van der Waals surface area contributed by atoms with Crippen LogP contribution in [0.2, 0.25) is 0 Å². The van der Waals surface area contributed by atoms with Gasteiger partial charge in [-0.15, -0.1) is 0 Å².